The number of carbonyl (C=O) groups excluding carboxylic acids is 2. The number of hydrogen-bond donors (Lipinski definition) is 1. The van der Waals surface area contributed by atoms with Gasteiger partial charge in [-0.25, -0.2) is 5.43 Å². The number of rotatable bonds is 4. The lowest BCUT2D eigenvalue weighted by Gasteiger charge is -2.16. The average molecular weight is 327 g/mol. The van der Waals surface area contributed by atoms with Gasteiger partial charge < -0.3 is 4.90 Å². The second-order valence-electron chi connectivity index (χ2n) is 5.49. The van der Waals surface area contributed by atoms with Crippen LogP contribution in [0.4, 0.5) is 5.69 Å². The zero-order chi connectivity index (χ0) is 16.2. The van der Waals surface area contributed by atoms with Gasteiger partial charge in [0.1, 0.15) is 0 Å². The molecular weight excluding hydrogens is 310 g/mol. The Bertz CT molecular complexity index is 723. The maximum absolute atomic E-state index is 12.2. The van der Waals surface area contributed by atoms with Gasteiger partial charge in [-0.2, -0.15) is 5.10 Å². The van der Waals surface area contributed by atoms with Gasteiger partial charge in [0, 0.05) is 23.5 Å². The molecule has 0 unspecified atom stereocenters. The van der Waals surface area contributed by atoms with Gasteiger partial charge in [-0.1, -0.05) is 23.8 Å². The Kier molecular flexibility index (Phi) is 4.52. The van der Waals surface area contributed by atoms with E-state index in [0.29, 0.717) is 6.54 Å². The Hall–Kier alpha value is -2.47. The number of anilines is 1. The third kappa shape index (κ3) is 3.65. The van der Waals surface area contributed by atoms with E-state index in [0.717, 1.165) is 16.1 Å². The van der Waals surface area contributed by atoms with Crippen LogP contribution in [-0.4, -0.2) is 24.6 Å². The number of amides is 2. The van der Waals surface area contributed by atoms with Crippen LogP contribution in [-0.2, 0) is 9.59 Å². The van der Waals surface area contributed by atoms with E-state index < -0.39 is 0 Å². The van der Waals surface area contributed by atoms with Crippen LogP contribution in [0.15, 0.2) is 46.9 Å². The van der Waals surface area contributed by atoms with E-state index in [1.54, 1.807) is 22.5 Å². The Labute approximate surface area is 138 Å². The van der Waals surface area contributed by atoms with Crippen LogP contribution in [0.3, 0.4) is 0 Å². The first kappa shape index (κ1) is 15.4. The number of hydrogen-bond acceptors (Lipinski definition) is 4. The van der Waals surface area contributed by atoms with E-state index in [1.807, 2.05) is 48.7 Å². The monoisotopic (exact) mass is 327 g/mol. The zero-order valence-electron chi connectivity index (χ0n) is 12.7. The predicted octanol–water partition coefficient (Wildman–Crippen LogP) is 2.56. The third-order valence-corrected chi connectivity index (χ3v) is 4.56. The van der Waals surface area contributed by atoms with Crippen molar-refractivity contribution in [2.24, 2.45) is 11.0 Å². The van der Waals surface area contributed by atoms with Crippen molar-refractivity contribution in [1.29, 1.82) is 0 Å². The molecule has 0 radical (unpaired) electrons. The van der Waals surface area contributed by atoms with E-state index in [4.69, 9.17) is 0 Å². The van der Waals surface area contributed by atoms with Gasteiger partial charge in [0.15, 0.2) is 0 Å². The molecule has 5 nitrogen and oxygen atoms in total. The predicted molar refractivity (Wildman–Crippen MR) is 91.7 cm³/mol. The van der Waals surface area contributed by atoms with Gasteiger partial charge >= 0.3 is 0 Å². The number of nitrogens with one attached hydrogen (secondary N) is 1. The summed E-state index contributed by atoms with van der Waals surface area (Å²) >= 11 is 1.54. The summed E-state index contributed by atoms with van der Waals surface area (Å²) in [6, 6.07) is 11.6. The molecule has 1 N–H and O–H groups in total. The normalized spacial score (nSPS) is 17.9. The van der Waals surface area contributed by atoms with Crippen LogP contribution in [0.2, 0.25) is 0 Å². The Morgan fingerprint density at radius 1 is 1.35 bits per heavy atom. The molecule has 1 saturated heterocycles. The molecule has 1 atom stereocenters. The molecule has 0 saturated carbocycles. The Morgan fingerprint density at radius 3 is 2.83 bits per heavy atom. The molecule has 1 aliphatic rings. The molecule has 0 spiro atoms. The van der Waals surface area contributed by atoms with Crippen molar-refractivity contribution >= 4 is 35.1 Å². The second-order valence-corrected chi connectivity index (χ2v) is 6.47. The lowest BCUT2D eigenvalue weighted by atomic mass is 10.1. The minimum Gasteiger partial charge on any atom is -0.312 e. The molecule has 2 amide bonds. The number of carbonyl (C=O) groups is 2. The summed E-state index contributed by atoms with van der Waals surface area (Å²) in [4.78, 5) is 26.9. The van der Waals surface area contributed by atoms with Crippen LogP contribution >= 0.6 is 11.3 Å². The smallest absolute Gasteiger partial charge is 0.245 e. The van der Waals surface area contributed by atoms with E-state index >= 15 is 0 Å². The molecule has 2 aromatic rings. The van der Waals surface area contributed by atoms with Gasteiger partial charge in [0.25, 0.3) is 0 Å². The van der Waals surface area contributed by atoms with Crippen molar-refractivity contribution in [3.8, 4) is 0 Å². The molecule has 118 valence electrons. The summed E-state index contributed by atoms with van der Waals surface area (Å²) < 4.78 is 0. The zero-order valence-corrected chi connectivity index (χ0v) is 13.5. The third-order valence-electron chi connectivity index (χ3n) is 3.75. The molecule has 3 rings (SSSR count). The largest absolute Gasteiger partial charge is 0.312 e. The van der Waals surface area contributed by atoms with Gasteiger partial charge in [-0.15, -0.1) is 11.3 Å². The minimum absolute atomic E-state index is 0.0313. The fraction of sp³-hybridized carbons (Fsp3) is 0.235. The van der Waals surface area contributed by atoms with Crippen molar-refractivity contribution < 1.29 is 9.59 Å². The number of hydrazone groups is 1. The Balaban J connectivity index is 1.60. The van der Waals surface area contributed by atoms with E-state index in [2.05, 4.69) is 10.5 Å². The fourth-order valence-electron chi connectivity index (χ4n) is 2.47. The molecule has 1 fully saturated rings. The van der Waals surface area contributed by atoms with Gasteiger partial charge in [0.2, 0.25) is 11.8 Å². The molecule has 23 heavy (non-hydrogen) atoms. The second kappa shape index (κ2) is 6.75. The summed E-state index contributed by atoms with van der Waals surface area (Å²) in [6.07, 6.45) is 1.82. The first-order chi connectivity index (χ1) is 11.1. The van der Waals surface area contributed by atoms with Gasteiger partial charge in [-0.05, 0) is 30.5 Å². The van der Waals surface area contributed by atoms with Crippen LogP contribution in [0, 0.1) is 12.8 Å². The first-order valence-electron chi connectivity index (χ1n) is 7.37. The molecule has 1 aromatic heterocycles. The number of aryl methyl sites for hydroxylation is 1. The van der Waals surface area contributed by atoms with Crippen molar-refractivity contribution in [1.82, 2.24) is 5.43 Å². The van der Waals surface area contributed by atoms with Crippen LogP contribution < -0.4 is 10.3 Å². The first-order valence-corrected chi connectivity index (χ1v) is 8.25. The maximum atomic E-state index is 12.2. The van der Waals surface area contributed by atoms with Crippen LogP contribution in [0.1, 0.15) is 16.9 Å². The lowest BCUT2D eigenvalue weighted by Crippen LogP contribution is -2.30. The lowest BCUT2D eigenvalue weighted by molar-refractivity contribution is -0.126. The molecule has 0 bridgehead atoms. The molecule has 6 heteroatoms. The van der Waals surface area contributed by atoms with E-state index in [1.165, 1.54) is 0 Å². The SMILES string of the molecule is Cc1ccc(N2C[C@H](C(=O)NN=Cc3cccs3)CC2=O)cc1. The highest BCUT2D eigenvalue weighted by Gasteiger charge is 2.35. The highest BCUT2D eigenvalue weighted by molar-refractivity contribution is 7.11. The van der Waals surface area contributed by atoms with Gasteiger partial charge in [-0.3, -0.25) is 9.59 Å². The summed E-state index contributed by atoms with van der Waals surface area (Å²) in [5.74, 6) is -0.624. The Morgan fingerprint density at radius 2 is 2.13 bits per heavy atom. The minimum atomic E-state index is -0.371. The quantitative estimate of drug-likeness (QED) is 0.693. The molecule has 1 aromatic carbocycles. The van der Waals surface area contributed by atoms with Crippen molar-refractivity contribution in [2.75, 3.05) is 11.4 Å². The maximum Gasteiger partial charge on any atom is 0.245 e. The summed E-state index contributed by atoms with van der Waals surface area (Å²) in [7, 11) is 0. The van der Waals surface area contributed by atoms with Gasteiger partial charge in [0.05, 0.1) is 12.1 Å². The van der Waals surface area contributed by atoms with Crippen molar-refractivity contribution in [2.45, 2.75) is 13.3 Å². The standard InChI is InChI=1S/C17H17N3O2S/c1-12-4-6-14(7-5-12)20-11-13(9-16(20)21)17(22)19-18-10-15-3-2-8-23-15/h2-8,10,13H,9,11H2,1H3,(H,19,22)/t13-/m1/s1. The molecular formula is C17H17N3O2S. The highest BCUT2D eigenvalue weighted by Crippen LogP contribution is 2.25. The summed E-state index contributed by atoms with van der Waals surface area (Å²) in [6.45, 7) is 2.39. The number of benzene rings is 1. The molecule has 2 heterocycles. The van der Waals surface area contributed by atoms with Crippen LogP contribution in [0.5, 0.6) is 0 Å². The van der Waals surface area contributed by atoms with Crippen LogP contribution in [0.25, 0.3) is 0 Å². The van der Waals surface area contributed by atoms with E-state index in [-0.39, 0.29) is 24.2 Å². The van der Waals surface area contributed by atoms with Crippen molar-refractivity contribution in [3.63, 3.8) is 0 Å². The average Bonchev–Trinajstić information content (AvgIpc) is 3.18. The molecule has 1 aliphatic heterocycles. The summed E-state index contributed by atoms with van der Waals surface area (Å²) in [5.41, 5.74) is 4.49. The summed E-state index contributed by atoms with van der Waals surface area (Å²) in [5, 5.41) is 5.89. The molecule has 0 aliphatic carbocycles. The topological polar surface area (TPSA) is 61.8 Å². The number of thiophene rings is 1. The number of nitrogens with zero attached hydrogens (tertiary/aromatic N) is 2. The van der Waals surface area contributed by atoms with E-state index in [9.17, 15) is 9.59 Å². The van der Waals surface area contributed by atoms with Crippen molar-refractivity contribution in [3.05, 3.63) is 52.2 Å². The highest BCUT2D eigenvalue weighted by atomic mass is 32.1. The fourth-order valence-corrected chi connectivity index (χ4v) is 3.06.